The maximum absolute atomic E-state index is 12.4. The number of nitrogens with one attached hydrogen (secondary N) is 1. The first-order valence-electron chi connectivity index (χ1n) is 9.10. The highest BCUT2D eigenvalue weighted by Gasteiger charge is 2.23. The fourth-order valence-electron chi connectivity index (χ4n) is 3.29. The molecule has 0 atom stereocenters. The Morgan fingerprint density at radius 1 is 1.11 bits per heavy atom. The van der Waals surface area contributed by atoms with Crippen LogP contribution in [-0.2, 0) is 6.42 Å². The molecule has 2 aromatic carbocycles. The van der Waals surface area contributed by atoms with Crippen molar-refractivity contribution in [3.63, 3.8) is 0 Å². The van der Waals surface area contributed by atoms with Gasteiger partial charge in [-0.05, 0) is 55.5 Å². The van der Waals surface area contributed by atoms with Crippen LogP contribution in [0.5, 0.6) is 0 Å². The molecule has 0 saturated carbocycles. The van der Waals surface area contributed by atoms with Crippen molar-refractivity contribution in [2.75, 3.05) is 24.5 Å². The molecule has 0 aromatic heterocycles. The molecule has 2 aromatic rings. The first-order valence-corrected chi connectivity index (χ1v) is 9.48. The first-order chi connectivity index (χ1) is 13.0. The number of halogens is 1. The molecule has 7 heteroatoms. The minimum Gasteiger partial charge on any atom is -0.366 e. The van der Waals surface area contributed by atoms with Gasteiger partial charge in [-0.3, -0.25) is 14.9 Å². The number of rotatable bonds is 6. The fraction of sp³-hybridized carbons (Fsp3) is 0.350. The molecule has 1 saturated heterocycles. The zero-order valence-electron chi connectivity index (χ0n) is 15.0. The van der Waals surface area contributed by atoms with E-state index in [0.717, 1.165) is 37.9 Å². The van der Waals surface area contributed by atoms with Crippen LogP contribution >= 0.6 is 11.6 Å². The van der Waals surface area contributed by atoms with Crippen LogP contribution in [0.25, 0.3) is 0 Å². The van der Waals surface area contributed by atoms with Gasteiger partial charge in [0.15, 0.2) is 0 Å². The van der Waals surface area contributed by atoms with Gasteiger partial charge in [0, 0.05) is 36.3 Å². The summed E-state index contributed by atoms with van der Waals surface area (Å²) in [5.74, 6) is -0.308. The molecule has 0 unspecified atom stereocenters. The minimum absolute atomic E-state index is 0.0118. The number of carbonyl (C=O) groups is 1. The molecule has 0 spiro atoms. The predicted octanol–water partition coefficient (Wildman–Crippen LogP) is 4.21. The van der Waals surface area contributed by atoms with E-state index in [9.17, 15) is 14.9 Å². The third-order valence-electron chi connectivity index (χ3n) is 4.74. The summed E-state index contributed by atoms with van der Waals surface area (Å²) in [5, 5.41) is 15.0. The lowest BCUT2D eigenvalue weighted by atomic mass is 10.1. The molecule has 1 amide bonds. The SMILES string of the molecule is O=C(NCCc1ccc(Cl)cc1)c1ccc(N2CCCCC2)c([N+](=O)[O-])c1. The molecule has 3 rings (SSSR count). The van der Waals surface area contributed by atoms with Crippen LogP contribution in [0.15, 0.2) is 42.5 Å². The lowest BCUT2D eigenvalue weighted by molar-refractivity contribution is -0.384. The van der Waals surface area contributed by atoms with Crippen molar-refractivity contribution in [2.24, 2.45) is 0 Å². The highest BCUT2D eigenvalue weighted by molar-refractivity contribution is 6.30. The lowest BCUT2D eigenvalue weighted by Gasteiger charge is -2.28. The van der Waals surface area contributed by atoms with Crippen LogP contribution in [0.1, 0.15) is 35.2 Å². The molecule has 1 heterocycles. The second kappa shape index (κ2) is 8.86. The van der Waals surface area contributed by atoms with E-state index in [4.69, 9.17) is 11.6 Å². The zero-order chi connectivity index (χ0) is 19.2. The van der Waals surface area contributed by atoms with Gasteiger partial charge in [0.25, 0.3) is 11.6 Å². The van der Waals surface area contributed by atoms with Crippen molar-refractivity contribution < 1.29 is 9.72 Å². The Kier molecular flexibility index (Phi) is 6.29. The molecule has 1 aliphatic heterocycles. The van der Waals surface area contributed by atoms with E-state index in [2.05, 4.69) is 5.32 Å². The maximum atomic E-state index is 12.4. The Bertz CT molecular complexity index is 818. The van der Waals surface area contributed by atoms with Gasteiger partial charge in [-0.2, -0.15) is 0 Å². The minimum atomic E-state index is -0.408. The highest BCUT2D eigenvalue weighted by Crippen LogP contribution is 2.31. The van der Waals surface area contributed by atoms with Crippen LogP contribution in [0, 0.1) is 10.1 Å². The highest BCUT2D eigenvalue weighted by atomic mass is 35.5. The second-order valence-corrected chi connectivity index (χ2v) is 7.08. The first kappa shape index (κ1) is 19.2. The molecule has 1 aliphatic rings. The molecule has 27 heavy (non-hydrogen) atoms. The average Bonchev–Trinajstić information content (AvgIpc) is 2.69. The Morgan fingerprint density at radius 2 is 1.81 bits per heavy atom. The second-order valence-electron chi connectivity index (χ2n) is 6.64. The van der Waals surface area contributed by atoms with Crippen molar-refractivity contribution in [2.45, 2.75) is 25.7 Å². The summed E-state index contributed by atoms with van der Waals surface area (Å²) in [6, 6.07) is 12.2. The summed E-state index contributed by atoms with van der Waals surface area (Å²) in [6.07, 6.45) is 3.88. The van der Waals surface area contributed by atoms with E-state index in [1.54, 1.807) is 24.3 Å². The quantitative estimate of drug-likeness (QED) is 0.595. The van der Waals surface area contributed by atoms with Crippen molar-refractivity contribution in [3.05, 3.63) is 68.7 Å². The van der Waals surface area contributed by atoms with E-state index >= 15 is 0 Å². The largest absolute Gasteiger partial charge is 0.366 e. The molecule has 1 N–H and O–H groups in total. The Balaban J connectivity index is 1.66. The lowest BCUT2D eigenvalue weighted by Crippen LogP contribution is -2.30. The van der Waals surface area contributed by atoms with E-state index < -0.39 is 4.92 Å². The van der Waals surface area contributed by atoms with Gasteiger partial charge in [0.1, 0.15) is 5.69 Å². The molecule has 0 aliphatic carbocycles. The summed E-state index contributed by atoms with van der Waals surface area (Å²) in [6.45, 7) is 2.07. The van der Waals surface area contributed by atoms with Crippen LogP contribution in [0.2, 0.25) is 5.02 Å². The van der Waals surface area contributed by atoms with Crippen molar-refractivity contribution in [3.8, 4) is 0 Å². The Morgan fingerprint density at radius 3 is 2.48 bits per heavy atom. The summed E-state index contributed by atoms with van der Waals surface area (Å²) >= 11 is 5.86. The van der Waals surface area contributed by atoms with Gasteiger partial charge in [-0.25, -0.2) is 0 Å². The fourth-order valence-corrected chi connectivity index (χ4v) is 3.41. The van der Waals surface area contributed by atoms with Gasteiger partial charge in [0.05, 0.1) is 4.92 Å². The monoisotopic (exact) mass is 387 g/mol. The summed E-state index contributed by atoms with van der Waals surface area (Å²) in [5.41, 5.74) is 1.95. The molecular formula is C20H22ClN3O3. The van der Waals surface area contributed by atoms with Gasteiger partial charge in [-0.1, -0.05) is 23.7 Å². The van der Waals surface area contributed by atoms with Gasteiger partial charge >= 0.3 is 0 Å². The van der Waals surface area contributed by atoms with Crippen LogP contribution in [0.4, 0.5) is 11.4 Å². The standard InChI is InChI=1S/C20H22ClN3O3/c21-17-7-4-15(5-8-17)10-11-22-20(25)16-6-9-18(19(14-16)24(26)27)23-12-2-1-3-13-23/h4-9,14H,1-3,10-13H2,(H,22,25). The van der Waals surface area contributed by atoms with Crippen molar-refractivity contribution in [1.82, 2.24) is 5.32 Å². The Hall–Kier alpha value is -2.60. The van der Waals surface area contributed by atoms with E-state index in [0.29, 0.717) is 29.2 Å². The number of anilines is 1. The number of piperidine rings is 1. The number of nitro groups is 1. The molecule has 142 valence electrons. The molecule has 1 fully saturated rings. The van der Waals surface area contributed by atoms with E-state index in [-0.39, 0.29) is 11.6 Å². The number of carbonyl (C=O) groups excluding carboxylic acids is 1. The van der Waals surface area contributed by atoms with Gasteiger partial charge in [-0.15, -0.1) is 0 Å². The molecule has 0 radical (unpaired) electrons. The van der Waals surface area contributed by atoms with Crippen molar-refractivity contribution >= 4 is 28.9 Å². The zero-order valence-corrected chi connectivity index (χ0v) is 15.7. The Labute approximate surface area is 163 Å². The smallest absolute Gasteiger partial charge is 0.293 e. The predicted molar refractivity (Wildman–Crippen MR) is 107 cm³/mol. The van der Waals surface area contributed by atoms with E-state index in [1.807, 2.05) is 17.0 Å². The van der Waals surface area contributed by atoms with Gasteiger partial charge < -0.3 is 10.2 Å². The number of nitro benzene ring substituents is 1. The number of nitrogens with zero attached hydrogens (tertiary/aromatic N) is 2. The van der Waals surface area contributed by atoms with Crippen LogP contribution in [0.3, 0.4) is 0 Å². The average molecular weight is 388 g/mol. The number of hydrogen-bond donors (Lipinski definition) is 1. The summed E-state index contributed by atoms with van der Waals surface area (Å²) in [4.78, 5) is 25.5. The topological polar surface area (TPSA) is 75.5 Å². The third kappa shape index (κ3) is 4.98. The van der Waals surface area contributed by atoms with E-state index in [1.165, 1.54) is 6.07 Å². The molecule has 0 bridgehead atoms. The van der Waals surface area contributed by atoms with Crippen molar-refractivity contribution in [1.29, 1.82) is 0 Å². The third-order valence-corrected chi connectivity index (χ3v) is 5.00. The summed E-state index contributed by atoms with van der Waals surface area (Å²) in [7, 11) is 0. The van der Waals surface area contributed by atoms with Crippen LogP contribution in [-0.4, -0.2) is 30.5 Å². The van der Waals surface area contributed by atoms with Gasteiger partial charge in [0.2, 0.25) is 0 Å². The number of hydrogen-bond acceptors (Lipinski definition) is 4. The summed E-state index contributed by atoms with van der Waals surface area (Å²) < 4.78 is 0. The number of benzene rings is 2. The molecular weight excluding hydrogens is 366 g/mol. The maximum Gasteiger partial charge on any atom is 0.293 e. The molecule has 6 nitrogen and oxygen atoms in total. The number of amides is 1. The van der Waals surface area contributed by atoms with Crippen LogP contribution < -0.4 is 10.2 Å². The normalized spacial score (nSPS) is 14.0.